The van der Waals surface area contributed by atoms with E-state index in [1.807, 2.05) is 11.7 Å². The van der Waals surface area contributed by atoms with E-state index in [0.29, 0.717) is 18.0 Å². The Morgan fingerprint density at radius 1 is 1.09 bits per heavy atom. The largest absolute Gasteiger partial charge is 0.334 e. The highest BCUT2D eigenvalue weighted by Crippen LogP contribution is 2.42. The van der Waals surface area contributed by atoms with Crippen LogP contribution < -0.4 is 0 Å². The monoisotopic (exact) mass is 302 g/mol. The van der Waals surface area contributed by atoms with E-state index in [2.05, 4.69) is 21.9 Å². The number of nitrogens with zero attached hydrogens (tertiary/aromatic N) is 4. The number of aromatic nitrogens is 2. The molecule has 0 aromatic carbocycles. The molecule has 0 radical (unpaired) electrons. The third-order valence-electron chi connectivity index (χ3n) is 5.76. The minimum absolute atomic E-state index is 0.220. The quantitative estimate of drug-likeness (QED) is 0.857. The summed E-state index contributed by atoms with van der Waals surface area (Å²) in [6, 6.07) is 0.944. The summed E-state index contributed by atoms with van der Waals surface area (Å²) in [7, 11) is 4.18. The van der Waals surface area contributed by atoms with Gasteiger partial charge in [-0.3, -0.25) is 9.48 Å². The second kappa shape index (κ2) is 5.37. The predicted molar refractivity (Wildman–Crippen MR) is 84.9 cm³/mol. The molecule has 3 heterocycles. The van der Waals surface area contributed by atoms with Crippen molar-refractivity contribution in [3.8, 4) is 0 Å². The van der Waals surface area contributed by atoms with E-state index < -0.39 is 0 Å². The van der Waals surface area contributed by atoms with Gasteiger partial charge in [0.2, 0.25) is 0 Å². The Morgan fingerprint density at radius 3 is 2.50 bits per heavy atom. The Balaban J connectivity index is 1.59. The lowest BCUT2D eigenvalue weighted by molar-refractivity contribution is 0.0663. The highest BCUT2D eigenvalue weighted by atomic mass is 16.2. The van der Waals surface area contributed by atoms with Gasteiger partial charge in [0.25, 0.3) is 5.91 Å². The van der Waals surface area contributed by atoms with Crippen molar-refractivity contribution in [3.05, 3.63) is 17.5 Å². The molecular weight excluding hydrogens is 276 g/mol. The summed E-state index contributed by atoms with van der Waals surface area (Å²) in [5.74, 6) is 0.777. The summed E-state index contributed by atoms with van der Waals surface area (Å²) in [4.78, 5) is 17.7. The SMILES string of the molecule is CN1CCCC1C1CCCN1C(=O)c1cnn(C)c1C1CC1. The molecule has 22 heavy (non-hydrogen) atoms. The van der Waals surface area contributed by atoms with Gasteiger partial charge in [0.05, 0.1) is 17.5 Å². The van der Waals surface area contributed by atoms with Crippen molar-refractivity contribution in [1.29, 1.82) is 0 Å². The van der Waals surface area contributed by atoms with Gasteiger partial charge < -0.3 is 9.80 Å². The molecule has 120 valence electrons. The zero-order valence-electron chi connectivity index (χ0n) is 13.7. The number of amides is 1. The third-order valence-corrected chi connectivity index (χ3v) is 5.76. The van der Waals surface area contributed by atoms with Crippen LogP contribution in [0.15, 0.2) is 6.20 Å². The van der Waals surface area contributed by atoms with Crippen LogP contribution in [0.3, 0.4) is 0 Å². The molecule has 2 aliphatic heterocycles. The van der Waals surface area contributed by atoms with E-state index in [-0.39, 0.29) is 5.91 Å². The first-order valence-corrected chi connectivity index (χ1v) is 8.70. The van der Waals surface area contributed by atoms with Crippen LogP contribution in [-0.2, 0) is 7.05 Å². The number of aryl methyl sites for hydroxylation is 1. The number of carbonyl (C=O) groups excluding carboxylic acids is 1. The fourth-order valence-corrected chi connectivity index (χ4v) is 4.47. The van der Waals surface area contributed by atoms with Crippen LogP contribution in [0.4, 0.5) is 0 Å². The lowest BCUT2D eigenvalue weighted by atomic mass is 10.0. The molecule has 5 nitrogen and oxygen atoms in total. The molecule has 4 rings (SSSR count). The maximum atomic E-state index is 13.1. The van der Waals surface area contributed by atoms with Crippen LogP contribution in [0, 0.1) is 0 Å². The molecule has 3 fully saturated rings. The van der Waals surface area contributed by atoms with E-state index in [4.69, 9.17) is 0 Å². The maximum Gasteiger partial charge on any atom is 0.257 e. The molecule has 5 heteroatoms. The molecule has 2 atom stereocenters. The zero-order chi connectivity index (χ0) is 15.3. The minimum Gasteiger partial charge on any atom is -0.334 e. The van der Waals surface area contributed by atoms with Gasteiger partial charge in [0.1, 0.15) is 0 Å². The van der Waals surface area contributed by atoms with Crippen LogP contribution in [0.1, 0.15) is 60.5 Å². The van der Waals surface area contributed by atoms with E-state index >= 15 is 0 Å². The Labute approximate surface area is 132 Å². The summed E-state index contributed by atoms with van der Waals surface area (Å²) in [5.41, 5.74) is 2.02. The number of rotatable bonds is 3. The van der Waals surface area contributed by atoms with Gasteiger partial charge in [-0.15, -0.1) is 0 Å². The van der Waals surface area contributed by atoms with Crippen LogP contribution in [0.5, 0.6) is 0 Å². The average Bonchev–Trinajstić information content (AvgIpc) is 2.91. The van der Waals surface area contributed by atoms with E-state index in [1.54, 1.807) is 6.20 Å². The molecule has 1 aromatic heterocycles. The van der Waals surface area contributed by atoms with E-state index in [0.717, 1.165) is 30.6 Å². The standard InChI is InChI=1S/C17H26N4O/c1-19-9-3-5-14(19)15-6-4-10-21(15)17(22)13-11-18-20(2)16(13)12-7-8-12/h11-12,14-15H,3-10H2,1-2H3. The fraction of sp³-hybridized carbons (Fsp3) is 0.765. The van der Waals surface area contributed by atoms with Crippen molar-refractivity contribution < 1.29 is 4.79 Å². The summed E-state index contributed by atoms with van der Waals surface area (Å²) in [6.45, 7) is 2.08. The molecular formula is C17H26N4O. The number of carbonyl (C=O) groups is 1. The number of likely N-dealkylation sites (tertiary alicyclic amines) is 2. The van der Waals surface area contributed by atoms with Crippen molar-refractivity contribution in [2.24, 2.45) is 7.05 Å². The molecule has 2 unspecified atom stereocenters. The van der Waals surface area contributed by atoms with Crippen molar-refractivity contribution in [2.45, 2.75) is 56.5 Å². The molecule has 1 saturated carbocycles. The van der Waals surface area contributed by atoms with Gasteiger partial charge in [-0.1, -0.05) is 0 Å². The first kappa shape index (κ1) is 14.2. The minimum atomic E-state index is 0.220. The Bertz CT molecular complexity index is 577. The molecule has 1 aromatic rings. The molecule has 1 aliphatic carbocycles. The van der Waals surface area contributed by atoms with E-state index in [9.17, 15) is 4.79 Å². The topological polar surface area (TPSA) is 41.4 Å². The highest BCUT2D eigenvalue weighted by Gasteiger charge is 2.40. The second-order valence-electron chi connectivity index (χ2n) is 7.24. The van der Waals surface area contributed by atoms with Crippen molar-refractivity contribution >= 4 is 5.91 Å². The number of likely N-dealkylation sites (N-methyl/N-ethyl adjacent to an activating group) is 1. The summed E-state index contributed by atoms with van der Waals surface area (Å²) in [5, 5.41) is 4.37. The Kier molecular flexibility index (Phi) is 3.48. The number of hydrogen-bond donors (Lipinski definition) is 0. The Morgan fingerprint density at radius 2 is 1.82 bits per heavy atom. The maximum absolute atomic E-state index is 13.1. The van der Waals surface area contributed by atoms with Gasteiger partial charge in [-0.05, 0) is 52.1 Å². The van der Waals surface area contributed by atoms with Gasteiger partial charge in [0.15, 0.2) is 0 Å². The van der Waals surface area contributed by atoms with Gasteiger partial charge in [0, 0.05) is 31.6 Å². The van der Waals surface area contributed by atoms with E-state index in [1.165, 1.54) is 32.2 Å². The first-order valence-electron chi connectivity index (χ1n) is 8.70. The Hall–Kier alpha value is -1.36. The van der Waals surface area contributed by atoms with Crippen molar-refractivity contribution in [2.75, 3.05) is 20.1 Å². The second-order valence-corrected chi connectivity index (χ2v) is 7.24. The predicted octanol–water partition coefficient (Wildman–Crippen LogP) is 2.00. The lowest BCUT2D eigenvalue weighted by Gasteiger charge is -2.33. The molecule has 3 aliphatic rings. The van der Waals surface area contributed by atoms with Crippen LogP contribution >= 0.6 is 0 Å². The fourth-order valence-electron chi connectivity index (χ4n) is 4.47. The molecule has 2 saturated heterocycles. The van der Waals surface area contributed by atoms with Crippen LogP contribution in [0.25, 0.3) is 0 Å². The van der Waals surface area contributed by atoms with Crippen LogP contribution in [0.2, 0.25) is 0 Å². The number of hydrogen-bond acceptors (Lipinski definition) is 3. The molecule has 0 N–H and O–H groups in total. The van der Waals surface area contributed by atoms with Crippen LogP contribution in [-0.4, -0.2) is 57.7 Å². The zero-order valence-corrected chi connectivity index (χ0v) is 13.7. The first-order chi connectivity index (χ1) is 10.7. The molecule has 1 amide bonds. The van der Waals surface area contributed by atoms with Gasteiger partial charge in [-0.25, -0.2) is 0 Å². The highest BCUT2D eigenvalue weighted by molar-refractivity contribution is 5.96. The van der Waals surface area contributed by atoms with Gasteiger partial charge >= 0.3 is 0 Å². The van der Waals surface area contributed by atoms with Gasteiger partial charge in [-0.2, -0.15) is 5.10 Å². The lowest BCUT2D eigenvalue weighted by Crippen LogP contribution is -2.47. The summed E-state index contributed by atoms with van der Waals surface area (Å²) < 4.78 is 1.91. The molecule has 0 spiro atoms. The smallest absolute Gasteiger partial charge is 0.257 e. The third kappa shape index (κ3) is 2.26. The normalized spacial score (nSPS) is 29.5. The molecule has 0 bridgehead atoms. The van der Waals surface area contributed by atoms with Crippen molar-refractivity contribution in [1.82, 2.24) is 19.6 Å². The summed E-state index contributed by atoms with van der Waals surface area (Å²) >= 11 is 0. The summed E-state index contributed by atoms with van der Waals surface area (Å²) in [6.07, 6.45) is 8.99. The average molecular weight is 302 g/mol. The van der Waals surface area contributed by atoms with Crippen molar-refractivity contribution in [3.63, 3.8) is 0 Å².